The van der Waals surface area contributed by atoms with Gasteiger partial charge in [-0.05, 0) is 92.2 Å². The van der Waals surface area contributed by atoms with Gasteiger partial charge in [-0.15, -0.1) is 0 Å². The zero-order valence-corrected chi connectivity index (χ0v) is 38.3. The molecule has 14 nitrogen and oxygen atoms in total. The van der Waals surface area contributed by atoms with Crippen molar-refractivity contribution in [2.75, 3.05) is 39.9 Å². The number of hydrogen-bond donors (Lipinski definition) is 4. The Morgan fingerprint density at radius 3 is 2.29 bits per heavy atom. The van der Waals surface area contributed by atoms with Gasteiger partial charge in [-0.1, -0.05) is 57.4 Å². The van der Waals surface area contributed by atoms with Crippen molar-refractivity contribution in [3.8, 4) is 28.7 Å². The SMILES string of the molecule is CCCCCCc1ccc2cc(C(=O)C[C@@H](CCN)C(=O)N(C)[C@@H]3C(=O)C[C@@H](C)C(=O)N[C@H](C(=O)CCC#N)Cc4ccc(OCCN)c(c4)-c4cc3ccc4OCCN)c(C)nc2c1. The van der Waals surface area contributed by atoms with E-state index in [1.807, 2.05) is 24.3 Å². The average molecular weight is 888 g/mol. The molecule has 2 amide bonds. The van der Waals surface area contributed by atoms with Crippen LogP contribution in [0.3, 0.4) is 0 Å². The Morgan fingerprint density at radius 1 is 0.908 bits per heavy atom. The predicted molar refractivity (Wildman–Crippen MR) is 251 cm³/mol. The molecule has 4 aromatic rings. The monoisotopic (exact) mass is 887 g/mol. The van der Waals surface area contributed by atoms with Crippen molar-refractivity contribution in [1.82, 2.24) is 15.2 Å². The first kappa shape index (κ1) is 50.0. The van der Waals surface area contributed by atoms with Crippen LogP contribution >= 0.6 is 0 Å². The summed E-state index contributed by atoms with van der Waals surface area (Å²) in [7, 11) is 1.52. The number of rotatable bonds is 21. The second-order valence-corrected chi connectivity index (χ2v) is 17.0. The summed E-state index contributed by atoms with van der Waals surface area (Å²) in [6, 6.07) is 18.3. The fourth-order valence-corrected chi connectivity index (χ4v) is 8.48. The van der Waals surface area contributed by atoms with Crippen LogP contribution in [0.5, 0.6) is 11.5 Å². The van der Waals surface area contributed by atoms with E-state index in [1.54, 1.807) is 44.2 Å². The lowest BCUT2D eigenvalue weighted by atomic mass is 9.88. The van der Waals surface area contributed by atoms with Crippen LogP contribution in [0.25, 0.3) is 22.0 Å². The maximum atomic E-state index is 14.8. The number of nitrogens with one attached hydrogen (secondary N) is 1. The number of amides is 2. The van der Waals surface area contributed by atoms with Gasteiger partial charge in [0.1, 0.15) is 30.8 Å². The number of ether oxygens (including phenoxy) is 2. The van der Waals surface area contributed by atoms with Crippen molar-refractivity contribution in [1.29, 1.82) is 5.26 Å². The molecule has 14 heteroatoms. The second-order valence-electron chi connectivity index (χ2n) is 17.0. The van der Waals surface area contributed by atoms with E-state index in [-0.39, 0.29) is 82.9 Å². The predicted octanol–water partition coefficient (Wildman–Crippen LogP) is 6.25. The van der Waals surface area contributed by atoms with Crippen LogP contribution in [-0.4, -0.2) is 85.0 Å². The van der Waals surface area contributed by atoms with Gasteiger partial charge in [0.2, 0.25) is 11.8 Å². The minimum atomic E-state index is -1.22. The zero-order valence-electron chi connectivity index (χ0n) is 38.3. The van der Waals surface area contributed by atoms with E-state index in [9.17, 15) is 29.2 Å². The number of unbranched alkanes of at least 4 members (excludes halogenated alkanes) is 3. The third kappa shape index (κ3) is 13.1. The van der Waals surface area contributed by atoms with Crippen molar-refractivity contribution >= 4 is 40.1 Å². The second kappa shape index (κ2) is 24.3. The summed E-state index contributed by atoms with van der Waals surface area (Å²) in [4.78, 5) is 77.1. The molecule has 346 valence electrons. The highest BCUT2D eigenvalue weighted by molar-refractivity contribution is 6.02. The standard InChI is InChI=1S/C51H65N7O7/c1-5-6-7-8-10-34-12-14-36-29-39(33(3)56-42(36)27-34)45(60)31-38(18-20-53)51(63)58(4)49-37-15-17-48(65-24-22-55)41(30-37)40-26-35(13-16-47(40)64-23-21-54)28-43(44(59)11-9-19-52)57-50(62)32(2)25-46(49)61/h12-17,26-27,29-30,32,38,43,49H,5-11,18,20-25,28,31,53-55H2,1-4H3,(H,57,62)/t32-,38-,43+,49+/m1/s1. The van der Waals surface area contributed by atoms with Crippen LogP contribution in [0.2, 0.25) is 0 Å². The smallest absolute Gasteiger partial charge is 0.226 e. The van der Waals surface area contributed by atoms with Crippen molar-refractivity contribution in [2.45, 2.75) is 103 Å². The Hall–Kier alpha value is -6.01. The molecule has 0 unspecified atom stereocenters. The number of carbonyl (C=O) groups excluding carboxylic acids is 5. The third-order valence-corrected chi connectivity index (χ3v) is 12.0. The van der Waals surface area contributed by atoms with Crippen LogP contribution < -0.4 is 32.0 Å². The average Bonchev–Trinajstić information content (AvgIpc) is 3.29. The van der Waals surface area contributed by atoms with E-state index in [0.29, 0.717) is 45.0 Å². The van der Waals surface area contributed by atoms with Crippen molar-refractivity contribution in [2.24, 2.45) is 29.0 Å². The summed E-state index contributed by atoms with van der Waals surface area (Å²) >= 11 is 0. The molecule has 0 aliphatic carbocycles. The van der Waals surface area contributed by atoms with Gasteiger partial charge in [0.05, 0.1) is 17.6 Å². The molecule has 0 saturated heterocycles. The maximum absolute atomic E-state index is 14.8. The molecule has 1 aromatic heterocycles. The Morgan fingerprint density at radius 2 is 1.62 bits per heavy atom. The number of likely N-dealkylation sites (N-methyl/N-ethyl adjacent to an activating group) is 1. The number of benzene rings is 3. The van der Waals surface area contributed by atoms with Crippen LogP contribution in [0.15, 0.2) is 60.7 Å². The number of aryl methyl sites for hydroxylation is 2. The Bertz CT molecular complexity index is 2380. The molecule has 65 heavy (non-hydrogen) atoms. The molecule has 2 heterocycles. The number of ketones is 3. The highest BCUT2D eigenvalue weighted by Gasteiger charge is 2.36. The van der Waals surface area contributed by atoms with E-state index in [0.717, 1.165) is 23.7 Å². The van der Waals surface area contributed by atoms with Gasteiger partial charge >= 0.3 is 0 Å². The molecule has 0 saturated carbocycles. The summed E-state index contributed by atoms with van der Waals surface area (Å²) < 4.78 is 12.3. The van der Waals surface area contributed by atoms with E-state index in [1.165, 1.54) is 36.8 Å². The van der Waals surface area contributed by atoms with Gasteiger partial charge < -0.3 is 36.9 Å². The van der Waals surface area contributed by atoms with Crippen LogP contribution in [0.4, 0.5) is 0 Å². The number of nitriles is 1. The molecule has 0 fully saturated rings. The van der Waals surface area contributed by atoms with E-state index >= 15 is 0 Å². The van der Waals surface area contributed by atoms with Crippen molar-refractivity contribution < 1.29 is 33.4 Å². The van der Waals surface area contributed by atoms with Gasteiger partial charge in [-0.3, -0.25) is 29.0 Å². The van der Waals surface area contributed by atoms with E-state index in [4.69, 9.17) is 31.7 Å². The highest BCUT2D eigenvalue weighted by Crippen LogP contribution is 2.41. The van der Waals surface area contributed by atoms with Crippen LogP contribution in [-0.2, 0) is 32.0 Å². The Kier molecular flexibility index (Phi) is 18.7. The lowest BCUT2D eigenvalue weighted by molar-refractivity contribution is -0.142. The minimum Gasteiger partial charge on any atom is -0.492 e. The number of fused-ring (bicyclic) bond motifs is 6. The lowest BCUT2D eigenvalue weighted by Crippen LogP contribution is -2.46. The van der Waals surface area contributed by atoms with Crippen LogP contribution in [0.1, 0.15) is 110 Å². The molecule has 3 aromatic carbocycles. The zero-order chi connectivity index (χ0) is 47.0. The molecule has 7 N–H and O–H groups in total. The molecule has 1 aliphatic rings. The van der Waals surface area contributed by atoms with Gasteiger partial charge in [-0.2, -0.15) is 5.26 Å². The molecule has 4 atom stereocenters. The fraction of sp³-hybridized carbons (Fsp3) is 0.471. The van der Waals surface area contributed by atoms with Gasteiger partial charge in [0, 0.05) is 85.4 Å². The molecule has 0 radical (unpaired) electrons. The summed E-state index contributed by atoms with van der Waals surface area (Å²) in [5.74, 6) is -2.96. The highest BCUT2D eigenvalue weighted by atomic mass is 16.5. The number of hydrogen-bond acceptors (Lipinski definition) is 12. The van der Waals surface area contributed by atoms with Crippen LogP contribution in [0, 0.1) is 30.1 Å². The van der Waals surface area contributed by atoms with Crippen molar-refractivity contribution in [3.63, 3.8) is 0 Å². The normalized spacial score (nSPS) is 16.8. The topological polar surface area (TPSA) is 234 Å². The number of pyridine rings is 1. The first-order valence-electron chi connectivity index (χ1n) is 22.9. The van der Waals surface area contributed by atoms with Gasteiger partial charge in [0.25, 0.3) is 0 Å². The Balaban J connectivity index is 1.55. The molecule has 0 spiro atoms. The summed E-state index contributed by atoms with van der Waals surface area (Å²) in [6.45, 7) is 6.49. The van der Waals surface area contributed by atoms with E-state index < -0.39 is 41.5 Å². The number of aromatic nitrogens is 1. The van der Waals surface area contributed by atoms with Gasteiger partial charge in [0.15, 0.2) is 17.3 Å². The quantitative estimate of drug-likeness (QED) is 0.0537. The first-order chi connectivity index (χ1) is 31.3. The summed E-state index contributed by atoms with van der Waals surface area (Å²) in [5, 5.41) is 12.9. The number of carbonyl (C=O) groups is 5. The Labute approximate surface area is 382 Å². The molecular weight excluding hydrogens is 823 g/mol. The molecule has 1 aliphatic heterocycles. The van der Waals surface area contributed by atoms with Crippen molar-refractivity contribution in [3.05, 3.63) is 88.6 Å². The largest absolute Gasteiger partial charge is 0.492 e. The molecule has 5 rings (SSSR count). The minimum absolute atomic E-state index is 0.0252. The third-order valence-electron chi connectivity index (χ3n) is 12.0. The van der Waals surface area contributed by atoms with Gasteiger partial charge in [-0.25, -0.2) is 0 Å². The molecule has 4 bridgehead atoms. The summed E-state index contributed by atoms with van der Waals surface area (Å²) in [5.41, 5.74) is 23.0. The van der Waals surface area contributed by atoms with E-state index in [2.05, 4.69) is 24.4 Å². The number of nitrogens with zero attached hydrogens (tertiary/aromatic N) is 3. The maximum Gasteiger partial charge on any atom is 0.226 e. The lowest BCUT2D eigenvalue weighted by Gasteiger charge is -2.32. The first-order valence-corrected chi connectivity index (χ1v) is 22.9. The fourth-order valence-electron chi connectivity index (χ4n) is 8.48. The number of nitrogens with two attached hydrogens (primary N) is 3. The molecular formula is C51H65N7O7. The summed E-state index contributed by atoms with van der Waals surface area (Å²) in [6.07, 6.45) is 5.32. The number of Topliss-reactive ketones (excluding diaryl/α,β-unsaturated/α-hetero) is 3.